The predicted octanol–water partition coefficient (Wildman–Crippen LogP) is 4.33. The molecule has 2 N–H and O–H groups in total. The van der Waals surface area contributed by atoms with Crippen molar-refractivity contribution in [3.05, 3.63) is 95.1 Å². The fourth-order valence-electron chi connectivity index (χ4n) is 3.96. The van der Waals surface area contributed by atoms with Gasteiger partial charge in [-0.05, 0) is 12.1 Å². The minimum atomic E-state index is -0.0295. The van der Waals surface area contributed by atoms with Gasteiger partial charge < -0.3 is 14.7 Å². The first-order chi connectivity index (χ1) is 12.1. The van der Waals surface area contributed by atoms with Crippen molar-refractivity contribution in [1.29, 1.82) is 0 Å². The maximum absolute atomic E-state index is 9.88. The van der Waals surface area contributed by atoms with Gasteiger partial charge in [-0.2, -0.15) is 0 Å². The minimum Gasteiger partial charge on any atom is -0.504 e. The molecule has 0 amide bonds. The van der Waals surface area contributed by atoms with Crippen LogP contribution in [0, 0.1) is 0 Å². The lowest BCUT2D eigenvalue weighted by Gasteiger charge is -2.34. The van der Waals surface area contributed by atoms with E-state index in [-0.39, 0.29) is 11.5 Å². The molecule has 3 aromatic carbocycles. The third kappa shape index (κ3) is 3.24. The molecule has 1 heterocycles. The van der Waals surface area contributed by atoms with E-state index in [1.54, 1.807) is 12.1 Å². The number of hydrogen-bond acceptors (Lipinski definition) is 2. The van der Waals surface area contributed by atoms with Gasteiger partial charge >= 0.3 is 0 Å². The van der Waals surface area contributed by atoms with Gasteiger partial charge in [-0.25, -0.2) is 0 Å². The van der Waals surface area contributed by atoms with Crippen molar-refractivity contribution in [2.45, 2.75) is 26.2 Å². The summed E-state index contributed by atoms with van der Waals surface area (Å²) in [7, 11) is 0. The first kappa shape index (κ1) is 15.7. The number of hydrogen-bond donors (Lipinski definition) is 2. The Hall–Kier alpha value is -2.78. The van der Waals surface area contributed by atoms with Gasteiger partial charge in [-0.3, -0.25) is 0 Å². The van der Waals surface area contributed by atoms with Crippen LogP contribution in [0.5, 0.6) is 11.5 Å². The van der Waals surface area contributed by atoms with Crippen LogP contribution in [0.25, 0.3) is 0 Å². The monoisotopic (exact) mass is 332 g/mol. The molecule has 0 unspecified atom stereocenters. The number of phenols is 2. The molecular formula is C22H22NO2+. The van der Waals surface area contributed by atoms with Crippen LogP contribution in [0.2, 0.25) is 0 Å². The standard InChI is InChI=1S/C22H21NO2/c24-21-11-19-15-23(16-20(19)12-22(21)25,13-17-7-3-1-4-8-17)14-18-9-5-2-6-10-18/h1-12H,13-16H2,(H-,24,25)/p+1. The summed E-state index contributed by atoms with van der Waals surface area (Å²) in [6, 6.07) is 24.5. The van der Waals surface area contributed by atoms with Crippen LogP contribution in [0.3, 0.4) is 0 Å². The van der Waals surface area contributed by atoms with E-state index in [1.165, 1.54) is 11.1 Å². The Morgan fingerprint density at radius 3 is 1.44 bits per heavy atom. The Labute approximate surface area is 148 Å². The van der Waals surface area contributed by atoms with E-state index in [0.29, 0.717) is 0 Å². The molecule has 3 nitrogen and oxygen atoms in total. The molecule has 4 rings (SSSR count). The van der Waals surface area contributed by atoms with Crippen molar-refractivity contribution in [1.82, 2.24) is 0 Å². The lowest BCUT2D eigenvalue weighted by molar-refractivity contribution is -0.972. The van der Waals surface area contributed by atoms with Gasteiger partial charge in [0.15, 0.2) is 11.5 Å². The van der Waals surface area contributed by atoms with E-state index in [9.17, 15) is 10.2 Å². The number of benzene rings is 3. The molecular weight excluding hydrogens is 310 g/mol. The van der Waals surface area contributed by atoms with Crippen molar-refractivity contribution < 1.29 is 14.7 Å². The highest BCUT2D eigenvalue weighted by Gasteiger charge is 2.37. The van der Waals surface area contributed by atoms with Crippen LogP contribution in [0.4, 0.5) is 0 Å². The van der Waals surface area contributed by atoms with Gasteiger partial charge in [-0.1, -0.05) is 60.7 Å². The second kappa shape index (κ2) is 6.26. The molecule has 0 aliphatic carbocycles. The Morgan fingerprint density at radius 1 is 0.640 bits per heavy atom. The molecule has 0 fully saturated rings. The molecule has 0 saturated heterocycles. The zero-order valence-electron chi connectivity index (χ0n) is 14.1. The number of rotatable bonds is 4. The molecule has 0 saturated carbocycles. The molecule has 1 aliphatic heterocycles. The molecule has 126 valence electrons. The van der Waals surface area contributed by atoms with Crippen LogP contribution >= 0.6 is 0 Å². The molecule has 0 atom stereocenters. The highest BCUT2D eigenvalue weighted by atomic mass is 16.3. The van der Waals surface area contributed by atoms with Gasteiger partial charge in [0.2, 0.25) is 0 Å². The molecule has 0 bridgehead atoms. The maximum atomic E-state index is 9.88. The van der Waals surface area contributed by atoms with Crippen LogP contribution < -0.4 is 0 Å². The summed E-state index contributed by atoms with van der Waals surface area (Å²) in [5.41, 5.74) is 4.86. The zero-order chi connectivity index (χ0) is 17.3. The summed E-state index contributed by atoms with van der Waals surface area (Å²) < 4.78 is 0.867. The van der Waals surface area contributed by atoms with E-state index < -0.39 is 0 Å². The summed E-state index contributed by atoms with van der Waals surface area (Å²) in [5.74, 6) is -0.0589. The molecule has 0 radical (unpaired) electrons. The summed E-state index contributed by atoms with van der Waals surface area (Å²) in [6.45, 7) is 3.55. The summed E-state index contributed by atoms with van der Waals surface area (Å²) >= 11 is 0. The van der Waals surface area contributed by atoms with Crippen LogP contribution in [0.15, 0.2) is 72.8 Å². The maximum Gasteiger partial charge on any atom is 0.157 e. The zero-order valence-corrected chi connectivity index (χ0v) is 14.1. The van der Waals surface area contributed by atoms with Gasteiger partial charge in [0.25, 0.3) is 0 Å². The molecule has 1 aliphatic rings. The number of fused-ring (bicyclic) bond motifs is 1. The van der Waals surface area contributed by atoms with Gasteiger partial charge in [-0.15, -0.1) is 0 Å². The number of aromatic hydroxyl groups is 2. The second-order valence-corrected chi connectivity index (χ2v) is 7.05. The summed E-state index contributed by atoms with van der Waals surface area (Å²) in [4.78, 5) is 0. The summed E-state index contributed by atoms with van der Waals surface area (Å²) in [5, 5.41) is 19.8. The second-order valence-electron chi connectivity index (χ2n) is 7.05. The normalized spacial score (nSPS) is 15.0. The highest BCUT2D eigenvalue weighted by molar-refractivity contribution is 5.46. The Balaban J connectivity index is 1.70. The van der Waals surface area contributed by atoms with Gasteiger partial charge in [0.05, 0.1) is 0 Å². The number of nitrogens with zero attached hydrogens (tertiary/aromatic N) is 1. The van der Waals surface area contributed by atoms with Crippen molar-refractivity contribution in [3.8, 4) is 11.5 Å². The first-order valence-electron chi connectivity index (χ1n) is 8.60. The number of quaternary nitrogens is 1. The van der Waals surface area contributed by atoms with E-state index in [2.05, 4.69) is 48.5 Å². The first-order valence-corrected chi connectivity index (χ1v) is 8.60. The molecule has 3 heteroatoms. The Bertz CT molecular complexity index is 801. The van der Waals surface area contributed by atoms with Gasteiger partial charge in [0.1, 0.15) is 26.2 Å². The van der Waals surface area contributed by atoms with Crippen molar-refractivity contribution in [2.24, 2.45) is 0 Å². The smallest absolute Gasteiger partial charge is 0.157 e. The fourth-order valence-corrected chi connectivity index (χ4v) is 3.96. The third-order valence-electron chi connectivity index (χ3n) is 5.03. The Morgan fingerprint density at radius 2 is 1.04 bits per heavy atom. The van der Waals surface area contributed by atoms with Crippen LogP contribution in [0.1, 0.15) is 22.3 Å². The quantitative estimate of drug-likeness (QED) is 0.551. The lowest BCUT2D eigenvalue weighted by atomic mass is 10.1. The van der Waals surface area contributed by atoms with Crippen LogP contribution in [-0.2, 0) is 26.2 Å². The molecule has 0 spiro atoms. The molecule has 25 heavy (non-hydrogen) atoms. The van der Waals surface area contributed by atoms with E-state index in [1.807, 2.05) is 12.1 Å². The minimum absolute atomic E-state index is 0.0295. The van der Waals surface area contributed by atoms with E-state index in [4.69, 9.17) is 0 Å². The van der Waals surface area contributed by atoms with Crippen LogP contribution in [-0.4, -0.2) is 14.7 Å². The Kier molecular flexibility index (Phi) is 3.94. The van der Waals surface area contributed by atoms with Crippen molar-refractivity contribution >= 4 is 0 Å². The summed E-state index contributed by atoms with van der Waals surface area (Å²) in [6.07, 6.45) is 0. The highest BCUT2D eigenvalue weighted by Crippen LogP contribution is 2.39. The SMILES string of the molecule is Oc1cc2c(cc1O)C[N+](Cc1ccccc1)(Cc1ccccc1)C2. The van der Waals surface area contributed by atoms with Crippen molar-refractivity contribution in [3.63, 3.8) is 0 Å². The molecule has 3 aromatic rings. The van der Waals surface area contributed by atoms with E-state index in [0.717, 1.165) is 41.8 Å². The predicted molar refractivity (Wildman–Crippen MR) is 97.7 cm³/mol. The average Bonchev–Trinajstić information content (AvgIpc) is 2.93. The number of phenolic OH excluding ortho intramolecular Hbond substituents is 2. The average molecular weight is 332 g/mol. The lowest BCUT2D eigenvalue weighted by Crippen LogP contribution is -2.41. The van der Waals surface area contributed by atoms with E-state index >= 15 is 0 Å². The van der Waals surface area contributed by atoms with Gasteiger partial charge in [0, 0.05) is 22.3 Å². The molecule has 0 aromatic heterocycles. The van der Waals surface area contributed by atoms with Crippen molar-refractivity contribution in [2.75, 3.05) is 0 Å². The third-order valence-corrected chi connectivity index (χ3v) is 5.03. The topological polar surface area (TPSA) is 40.5 Å². The fraction of sp³-hybridized carbons (Fsp3) is 0.182. The largest absolute Gasteiger partial charge is 0.504 e.